The van der Waals surface area contributed by atoms with E-state index in [0.29, 0.717) is 17.7 Å². The van der Waals surface area contributed by atoms with Crippen LogP contribution in [0.3, 0.4) is 0 Å². The van der Waals surface area contributed by atoms with E-state index in [0.717, 1.165) is 36.1 Å². The zero-order chi connectivity index (χ0) is 18.5. The van der Waals surface area contributed by atoms with Crippen LogP contribution in [0.15, 0.2) is 34.9 Å². The molecular formula is C22H29BrN2O. The number of hydrogen-bond donors (Lipinski definition) is 1. The highest BCUT2D eigenvalue weighted by atomic mass is 79.9. The van der Waals surface area contributed by atoms with E-state index in [1.54, 1.807) is 0 Å². The first-order chi connectivity index (χ1) is 12.6. The van der Waals surface area contributed by atoms with Crippen molar-refractivity contribution in [2.75, 3.05) is 18.9 Å². The van der Waals surface area contributed by atoms with E-state index in [2.05, 4.69) is 59.0 Å². The third-order valence-electron chi connectivity index (χ3n) is 5.47. The van der Waals surface area contributed by atoms with Gasteiger partial charge in [0.25, 0.3) is 0 Å². The Morgan fingerprint density at radius 3 is 2.69 bits per heavy atom. The van der Waals surface area contributed by atoms with Crippen molar-refractivity contribution in [1.29, 1.82) is 0 Å². The van der Waals surface area contributed by atoms with Gasteiger partial charge in [0.15, 0.2) is 0 Å². The fourth-order valence-electron chi connectivity index (χ4n) is 3.83. The zero-order valence-electron chi connectivity index (χ0n) is 15.8. The molecule has 3 rings (SSSR count). The van der Waals surface area contributed by atoms with Gasteiger partial charge in [-0.2, -0.15) is 0 Å². The number of pyridine rings is 1. The summed E-state index contributed by atoms with van der Waals surface area (Å²) in [5.41, 5.74) is 11.2. The van der Waals surface area contributed by atoms with E-state index in [-0.39, 0.29) is 0 Å². The van der Waals surface area contributed by atoms with Gasteiger partial charge in [0.2, 0.25) is 0 Å². The lowest BCUT2D eigenvalue weighted by Crippen LogP contribution is -2.16. The maximum absolute atomic E-state index is 5.85. The maximum atomic E-state index is 5.85. The van der Waals surface area contributed by atoms with Gasteiger partial charge in [-0.1, -0.05) is 44.9 Å². The number of nitrogens with two attached hydrogens (primary N) is 1. The number of ether oxygens (including phenoxy) is 1. The Bertz CT molecular complexity index is 741. The molecule has 1 atom stereocenters. The lowest BCUT2D eigenvalue weighted by atomic mass is 9.81. The summed E-state index contributed by atoms with van der Waals surface area (Å²) >= 11 is 3.50. The number of aromatic nitrogens is 1. The Morgan fingerprint density at radius 2 is 2.00 bits per heavy atom. The standard InChI is InChI=1S/C22H29BrN2O/c1-3-4-5-15(2)20-12-17(18-13-21(23)22(24)25-14-18)6-7-19(20)16-8-10-26-11-9-16/h6-7,12-16H,3-5,8-11H2,1-2H3,(H2,24,25). The number of nitrogens with zero attached hydrogens (tertiary/aromatic N) is 1. The SMILES string of the molecule is CCCCC(C)c1cc(-c2cnc(N)c(Br)c2)ccc1C1CCOCC1. The third kappa shape index (κ3) is 4.47. The van der Waals surface area contributed by atoms with Gasteiger partial charge in [0.1, 0.15) is 5.82 Å². The van der Waals surface area contributed by atoms with Gasteiger partial charge < -0.3 is 10.5 Å². The molecule has 1 fully saturated rings. The summed E-state index contributed by atoms with van der Waals surface area (Å²) < 4.78 is 6.43. The van der Waals surface area contributed by atoms with Crippen molar-refractivity contribution < 1.29 is 4.74 Å². The smallest absolute Gasteiger partial charge is 0.137 e. The molecule has 1 unspecified atom stereocenters. The molecule has 140 valence electrons. The monoisotopic (exact) mass is 416 g/mol. The normalized spacial score (nSPS) is 16.6. The van der Waals surface area contributed by atoms with Crippen LogP contribution in [0.2, 0.25) is 0 Å². The fraction of sp³-hybridized carbons (Fsp3) is 0.500. The second kappa shape index (κ2) is 9.01. The second-order valence-corrected chi connectivity index (χ2v) is 8.22. The van der Waals surface area contributed by atoms with Crippen LogP contribution < -0.4 is 5.73 Å². The van der Waals surface area contributed by atoms with Crippen LogP contribution >= 0.6 is 15.9 Å². The molecule has 2 N–H and O–H groups in total. The van der Waals surface area contributed by atoms with Crippen molar-refractivity contribution in [1.82, 2.24) is 4.98 Å². The summed E-state index contributed by atoms with van der Waals surface area (Å²) in [4.78, 5) is 4.31. The van der Waals surface area contributed by atoms with Crippen molar-refractivity contribution in [2.24, 2.45) is 0 Å². The molecule has 3 nitrogen and oxygen atoms in total. The molecule has 1 saturated heterocycles. The Balaban J connectivity index is 1.98. The Morgan fingerprint density at radius 1 is 1.23 bits per heavy atom. The molecule has 0 radical (unpaired) electrons. The van der Waals surface area contributed by atoms with Crippen LogP contribution in [-0.4, -0.2) is 18.2 Å². The molecular weight excluding hydrogens is 388 g/mol. The molecule has 1 aliphatic heterocycles. The van der Waals surface area contributed by atoms with Crippen LogP contribution in [0.1, 0.15) is 68.9 Å². The summed E-state index contributed by atoms with van der Waals surface area (Å²) in [5, 5.41) is 0. The van der Waals surface area contributed by atoms with Gasteiger partial charge in [-0.05, 0) is 69.8 Å². The second-order valence-electron chi connectivity index (χ2n) is 7.36. The van der Waals surface area contributed by atoms with E-state index in [1.165, 1.54) is 36.0 Å². The first-order valence-electron chi connectivity index (χ1n) is 9.73. The highest BCUT2D eigenvalue weighted by molar-refractivity contribution is 9.10. The summed E-state index contributed by atoms with van der Waals surface area (Å²) in [6, 6.07) is 9.02. The Kier molecular flexibility index (Phi) is 6.71. The van der Waals surface area contributed by atoms with E-state index in [1.807, 2.05) is 6.20 Å². The molecule has 2 heterocycles. The van der Waals surface area contributed by atoms with Crippen molar-refractivity contribution in [2.45, 2.75) is 57.8 Å². The summed E-state index contributed by atoms with van der Waals surface area (Å²) in [6.45, 7) is 6.39. The van der Waals surface area contributed by atoms with E-state index in [9.17, 15) is 0 Å². The largest absolute Gasteiger partial charge is 0.383 e. The molecule has 0 spiro atoms. The maximum Gasteiger partial charge on any atom is 0.137 e. The first kappa shape index (κ1) is 19.4. The number of benzene rings is 1. The van der Waals surface area contributed by atoms with Crippen LogP contribution in [0, 0.1) is 0 Å². The van der Waals surface area contributed by atoms with Gasteiger partial charge in [-0.25, -0.2) is 4.98 Å². The molecule has 0 bridgehead atoms. The minimum atomic E-state index is 0.532. The number of nitrogen functional groups attached to an aromatic ring is 1. The zero-order valence-corrected chi connectivity index (χ0v) is 17.4. The lowest BCUT2D eigenvalue weighted by Gasteiger charge is -2.27. The summed E-state index contributed by atoms with van der Waals surface area (Å²) in [5.74, 6) is 1.72. The van der Waals surface area contributed by atoms with Gasteiger partial charge in [-0.15, -0.1) is 0 Å². The molecule has 1 aromatic carbocycles. The van der Waals surface area contributed by atoms with Gasteiger partial charge >= 0.3 is 0 Å². The van der Waals surface area contributed by atoms with Crippen molar-refractivity contribution in [3.05, 3.63) is 46.1 Å². The molecule has 2 aromatic rings. The summed E-state index contributed by atoms with van der Waals surface area (Å²) in [6.07, 6.45) is 7.87. The van der Waals surface area contributed by atoms with Crippen molar-refractivity contribution in [3.8, 4) is 11.1 Å². The average molecular weight is 417 g/mol. The molecule has 26 heavy (non-hydrogen) atoms. The van der Waals surface area contributed by atoms with E-state index in [4.69, 9.17) is 10.5 Å². The quantitative estimate of drug-likeness (QED) is 0.602. The topological polar surface area (TPSA) is 48.1 Å². The molecule has 0 saturated carbocycles. The number of rotatable bonds is 6. The van der Waals surface area contributed by atoms with Crippen LogP contribution in [0.4, 0.5) is 5.82 Å². The minimum Gasteiger partial charge on any atom is -0.383 e. The highest BCUT2D eigenvalue weighted by Crippen LogP contribution is 2.37. The Hall–Kier alpha value is -1.39. The molecule has 1 aromatic heterocycles. The number of anilines is 1. The number of hydrogen-bond acceptors (Lipinski definition) is 3. The van der Waals surface area contributed by atoms with E-state index < -0.39 is 0 Å². The molecule has 1 aliphatic rings. The summed E-state index contributed by atoms with van der Waals surface area (Å²) in [7, 11) is 0. The van der Waals surface area contributed by atoms with Crippen molar-refractivity contribution >= 4 is 21.7 Å². The predicted octanol–water partition coefficient (Wildman–Crippen LogP) is 6.28. The molecule has 4 heteroatoms. The predicted molar refractivity (Wildman–Crippen MR) is 113 cm³/mol. The minimum absolute atomic E-state index is 0.532. The van der Waals surface area contributed by atoms with E-state index >= 15 is 0 Å². The van der Waals surface area contributed by atoms with Crippen LogP contribution in [0.25, 0.3) is 11.1 Å². The van der Waals surface area contributed by atoms with Crippen molar-refractivity contribution in [3.63, 3.8) is 0 Å². The van der Waals surface area contributed by atoms with Gasteiger partial charge in [0.05, 0.1) is 4.47 Å². The lowest BCUT2D eigenvalue weighted by molar-refractivity contribution is 0.0851. The Labute approximate surface area is 165 Å². The molecule has 0 amide bonds. The van der Waals surface area contributed by atoms with Crippen LogP contribution in [-0.2, 0) is 4.74 Å². The van der Waals surface area contributed by atoms with Gasteiger partial charge in [-0.3, -0.25) is 0 Å². The van der Waals surface area contributed by atoms with Crippen LogP contribution in [0.5, 0.6) is 0 Å². The first-order valence-corrected chi connectivity index (χ1v) is 10.5. The highest BCUT2D eigenvalue weighted by Gasteiger charge is 2.21. The molecule has 0 aliphatic carbocycles. The number of unbranched alkanes of at least 4 members (excludes halogenated alkanes) is 1. The number of halogens is 1. The fourth-order valence-corrected chi connectivity index (χ4v) is 4.18. The average Bonchev–Trinajstić information content (AvgIpc) is 2.68. The van der Waals surface area contributed by atoms with Gasteiger partial charge in [0, 0.05) is 25.0 Å². The third-order valence-corrected chi connectivity index (χ3v) is 6.11.